The van der Waals surface area contributed by atoms with E-state index in [-0.39, 0.29) is 17.4 Å². The van der Waals surface area contributed by atoms with Gasteiger partial charge in [-0.15, -0.1) is 0 Å². The van der Waals surface area contributed by atoms with Gasteiger partial charge in [-0.3, -0.25) is 4.79 Å². The minimum atomic E-state index is -0.523. The van der Waals surface area contributed by atoms with Crippen LogP contribution >= 0.6 is 0 Å². The highest BCUT2D eigenvalue weighted by Crippen LogP contribution is 2.30. The monoisotopic (exact) mass is 379 g/mol. The number of fused-ring (bicyclic) bond motifs is 1. The van der Waals surface area contributed by atoms with Crippen LogP contribution in [0.25, 0.3) is 0 Å². The first-order valence-corrected chi connectivity index (χ1v) is 10.4. The standard InChI is InChI=1S/C25H33NO2/c1-17(19-13-15-21(16-14-19)25(3,4)5)26-24(27)18(2)28-23-12-8-10-20-9-6-7-11-22(20)23/h8,10,12-18H,6-7,9,11H2,1-5H3,(H,26,27)/t17-,18+/m0/s1. The number of carbonyl (C=O) groups is 1. The lowest BCUT2D eigenvalue weighted by Gasteiger charge is -2.24. The van der Waals surface area contributed by atoms with E-state index in [0.29, 0.717) is 0 Å². The largest absolute Gasteiger partial charge is 0.481 e. The maximum absolute atomic E-state index is 12.7. The van der Waals surface area contributed by atoms with Crippen LogP contribution in [0.15, 0.2) is 42.5 Å². The van der Waals surface area contributed by atoms with E-state index in [1.165, 1.54) is 29.5 Å². The van der Waals surface area contributed by atoms with Gasteiger partial charge in [0.25, 0.3) is 5.91 Å². The molecule has 3 heteroatoms. The minimum Gasteiger partial charge on any atom is -0.481 e. The number of carbonyl (C=O) groups excluding carboxylic acids is 1. The van der Waals surface area contributed by atoms with Crippen LogP contribution in [0.3, 0.4) is 0 Å². The third-order valence-corrected chi connectivity index (χ3v) is 5.66. The number of aryl methyl sites for hydroxylation is 1. The van der Waals surface area contributed by atoms with E-state index in [1.54, 1.807) is 0 Å². The van der Waals surface area contributed by atoms with Gasteiger partial charge in [0, 0.05) is 0 Å². The van der Waals surface area contributed by atoms with Crippen molar-refractivity contribution in [2.75, 3.05) is 0 Å². The van der Waals surface area contributed by atoms with Gasteiger partial charge in [-0.25, -0.2) is 0 Å². The molecule has 0 aromatic heterocycles. The van der Waals surface area contributed by atoms with Gasteiger partial charge in [0.1, 0.15) is 5.75 Å². The second kappa shape index (κ2) is 8.38. The van der Waals surface area contributed by atoms with Gasteiger partial charge in [0.05, 0.1) is 6.04 Å². The number of benzene rings is 2. The van der Waals surface area contributed by atoms with Gasteiger partial charge in [-0.05, 0) is 73.3 Å². The fourth-order valence-electron chi connectivity index (χ4n) is 3.79. The van der Waals surface area contributed by atoms with Crippen LogP contribution in [-0.2, 0) is 23.1 Å². The van der Waals surface area contributed by atoms with Crippen molar-refractivity contribution in [1.82, 2.24) is 5.32 Å². The molecule has 0 radical (unpaired) electrons. The Morgan fingerprint density at radius 2 is 1.68 bits per heavy atom. The summed E-state index contributed by atoms with van der Waals surface area (Å²) in [4.78, 5) is 12.7. The first kappa shape index (κ1) is 20.4. The zero-order valence-electron chi connectivity index (χ0n) is 17.8. The molecule has 0 aliphatic heterocycles. The SMILES string of the molecule is C[C@H](NC(=O)[C@@H](C)Oc1cccc2c1CCCC2)c1ccc(C(C)(C)C)cc1. The Morgan fingerprint density at radius 1 is 1.00 bits per heavy atom. The van der Waals surface area contributed by atoms with E-state index >= 15 is 0 Å². The Balaban J connectivity index is 1.63. The summed E-state index contributed by atoms with van der Waals surface area (Å²) in [5.74, 6) is 0.780. The number of nitrogens with one attached hydrogen (secondary N) is 1. The van der Waals surface area contributed by atoms with E-state index in [0.717, 1.165) is 24.2 Å². The first-order chi connectivity index (χ1) is 13.3. The molecule has 0 saturated heterocycles. The van der Waals surface area contributed by atoms with E-state index in [2.05, 4.69) is 56.4 Å². The van der Waals surface area contributed by atoms with Crippen LogP contribution in [0.5, 0.6) is 5.75 Å². The summed E-state index contributed by atoms with van der Waals surface area (Å²) in [6.07, 6.45) is 4.04. The van der Waals surface area contributed by atoms with Gasteiger partial charge >= 0.3 is 0 Å². The Hall–Kier alpha value is -2.29. The molecule has 3 rings (SSSR count). The molecule has 2 aromatic carbocycles. The molecule has 2 aromatic rings. The van der Waals surface area contributed by atoms with Gasteiger partial charge in [-0.1, -0.05) is 57.2 Å². The summed E-state index contributed by atoms with van der Waals surface area (Å²) in [6, 6.07) is 14.6. The molecule has 0 saturated carbocycles. The fraction of sp³-hybridized carbons (Fsp3) is 0.480. The highest BCUT2D eigenvalue weighted by atomic mass is 16.5. The Labute approximate surface area is 169 Å². The van der Waals surface area contributed by atoms with Gasteiger partial charge in [0.2, 0.25) is 0 Å². The Kier molecular flexibility index (Phi) is 6.12. The van der Waals surface area contributed by atoms with E-state index in [9.17, 15) is 4.79 Å². The quantitative estimate of drug-likeness (QED) is 0.744. The highest BCUT2D eigenvalue weighted by Gasteiger charge is 2.21. The summed E-state index contributed by atoms with van der Waals surface area (Å²) < 4.78 is 6.06. The summed E-state index contributed by atoms with van der Waals surface area (Å²) in [6.45, 7) is 10.5. The second-order valence-corrected chi connectivity index (χ2v) is 8.96. The van der Waals surface area contributed by atoms with E-state index in [1.807, 2.05) is 26.0 Å². The predicted octanol–water partition coefficient (Wildman–Crippen LogP) is 5.51. The third-order valence-electron chi connectivity index (χ3n) is 5.66. The number of rotatable bonds is 5. The van der Waals surface area contributed by atoms with Crippen molar-refractivity contribution in [1.29, 1.82) is 0 Å². The lowest BCUT2D eigenvalue weighted by molar-refractivity contribution is -0.127. The molecule has 2 atom stereocenters. The Morgan fingerprint density at radius 3 is 2.36 bits per heavy atom. The number of ether oxygens (including phenoxy) is 1. The molecule has 1 N–H and O–H groups in total. The molecule has 0 fully saturated rings. The summed E-state index contributed by atoms with van der Waals surface area (Å²) in [5, 5.41) is 3.09. The van der Waals surface area contributed by atoms with Gasteiger partial charge < -0.3 is 10.1 Å². The fourth-order valence-corrected chi connectivity index (χ4v) is 3.79. The molecular formula is C25H33NO2. The van der Waals surface area contributed by atoms with Crippen molar-refractivity contribution < 1.29 is 9.53 Å². The van der Waals surface area contributed by atoms with Crippen molar-refractivity contribution in [3.05, 3.63) is 64.7 Å². The van der Waals surface area contributed by atoms with Crippen molar-refractivity contribution >= 4 is 5.91 Å². The van der Waals surface area contributed by atoms with E-state index < -0.39 is 6.10 Å². The lowest BCUT2D eigenvalue weighted by atomic mass is 9.86. The maximum Gasteiger partial charge on any atom is 0.261 e. The number of amides is 1. The molecule has 1 aliphatic rings. The molecule has 3 nitrogen and oxygen atoms in total. The van der Waals surface area contributed by atoms with Crippen LogP contribution in [0.2, 0.25) is 0 Å². The molecule has 1 aliphatic carbocycles. The van der Waals surface area contributed by atoms with Crippen molar-refractivity contribution in [3.63, 3.8) is 0 Å². The Bertz CT molecular complexity index is 817. The summed E-state index contributed by atoms with van der Waals surface area (Å²) in [5.41, 5.74) is 5.16. The van der Waals surface area contributed by atoms with Gasteiger partial charge in [-0.2, -0.15) is 0 Å². The van der Waals surface area contributed by atoms with Crippen LogP contribution in [0.4, 0.5) is 0 Å². The van der Waals surface area contributed by atoms with Crippen LogP contribution < -0.4 is 10.1 Å². The first-order valence-electron chi connectivity index (χ1n) is 10.4. The summed E-state index contributed by atoms with van der Waals surface area (Å²) >= 11 is 0. The molecule has 150 valence electrons. The number of hydrogen-bond acceptors (Lipinski definition) is 2. The molecule has 0 unspecified atom stereocenters. The zero-order valence-corrected chi connectivity index (χ0v) is 17.8. The number of hydrogen-bond donors (Lipinski definition) is 1. The summed E-state index contributed by atoms with van der Waals surface area (Å²) in [7, 11) is 0. The van der Waals surface area contributed by atoms with Crippen LogP contribution in [-0.4, -0.2) is 12.0 Å². The van der Waals surface area contributed by atoms with Crippen LogP contribution in [0.1, 0.15) is 75.8 Å². The van der Waals surface area contributed by atoms with Crippen LogP contribution in [0, 0.1) is 0 Å². The minimum absolute atomic E-state index is 0.0581. The lowest BCUT2D eigenvalue weighted by Crippen LogP contribution is -2.38. The zero-order chi connectivity index (χ0) is 20.3. The molecule has 0 spiro atoms. The average Bonchev–Trinajstić information content (AvgIpc) is 2.67. The second-order valence-electron chi connectivity index (χ2n) is 8.96. The van der Waals surface area contributed by atoms with Gasteiger partial charge in [0.15, 0.2) is 6.10 Å². The smallest absolute Gasteiger partial charge is 0.261 e. The molecule has 1 amide bonds. The maximum atomic E-state index is 12.7. The van der Waals surface area contributed by atoms with Crippen molar-refractivity contribution in [2.45, 2.75) is 77.9 Å². The molecule has 28 heavy (non-hydrogen) atoms. The van der Waals surface area contributed by atoms with E-state index in [4.69, 9.17) is 4.74 Å². The topological polar surface area (TPSA) is 38.3 Å². The van der Waals surface area contributed by atoms with Crippen molar-refractivity contribution in [2.24, 2.45) is 0 Å². The average molecular weight is 380 g/mol. The highest BCUT2D eigenvalue weighted by molar-refractivity contribution is 5.81. The molecule has 0 heterocycles. The third kappa shape index (κ3) is 4.76. The normalized spacial score (nSPS) is 16.0. The molecule has 0 bridgehead atoms. The molecular weight excluding hydrogens is 346 g/mol. The van der Waals surface area contributed by atoms with Crippen molar-refractivity contribution in [3.8, 4) is 5.75 Å². The predicted molar refractivity (Wildman–Crippen MR) is 115 cm³/mol.